The second kappa shape index (κ2) is 5.20. The molecule has 0 spiro atoms. The van der Waals surface area contributed by atoms with Crippen LogP contribution in [0, 0.1) is 5.92 Å². The van der Waals surface area contributed by atoms with Crippen molar-refractivity contribution < 1.29 is 15.0 Å². The minimum atomic E-state index is -0.721. The summed E-state index contributed by atoms with van der Waals surface area (Å²) in [4.78, 5) is 11.9. The number of benzene rings is 1. The molecule has 1 saturated carbocycles. The van der Waals surface area contributed by atoms with E-state index in [1.54, 1.807) is 17.4 Å². The van der Waals surface area contributed by atoms with Crippen molar-refractivity contribution in [1.82, 2.24) is 0 Å². The molecular weight excluding hydrogens is 296 g/mol. The maximum Gasteiger partial charge on any atom is 0.307 e. The van der Waals surface area contributed by atoms with Crippen LogP contribution in [0.15, 0.2) is 29.6 Å². The van der Waals surface area contributed by atoms with Crippen LogP contribution in [0.4, 0.5) is 0 Å². The van der Waals surface area contributed by atoms with Crippen molar-refractivity contribution in [1.29, 1.82) is 0 Å². The van der Waals surface area contributed by atoms with Gasteiger partial charge in [0.25, 0.3) is 0 Å². The Morgan fingerprint density at radius 2 is 2.20 bits per heavy atom. The Labute approximate surface area is 125 Å². The van der Waals surface area contributed by atoms with Gasteiger partial charge in [0.1, 0.15) is 0 Å². The molecular formula is C15H13ClO3S. The quantitative estimate of drug-likeness (QED) is 0.904. The van der Waals surface area contributed by atoms with Gasteiger partial charge in [-0.2, -0.15) is 0 Å². The number of aliphatic hydroxyl groups excluding tert-OH is 1. The summed E-state index contributed by atoms with van der Waals surface area (Å²) in [6.07, 6.45) is 0.716. The van der Waals surface area contributed by atoms with E-state index >= 15 is 0 Å². The number of aliphatic carboxylic acids is 1. The van der Waals surface area contributed by atoms with Gasteiger partial charge in [0.05, 0.1) is 12.5 Å². The van der Waals surface area contributed by atoms with Gasteiger partial charge in [0.15, 0.2) is 0 Å². The summed E-state index contributed by atoms with van der Waals surface area (Å²) >= 11 is 7.58. The Morgan fingerprint density at radius 1 is 1.40 bits per heavy atom. The molecule has 0 aliphatic heterocycles. The summed E-state index contributed by atoms with van der Waals surface area (Å²) < 4.78 is 0. The van der Waals surface area contributed by atoms with Gasteiger partial charge in [0.2, 0.25) is 0 Å². The molecule has 0 bridgehead atoms. The van der Waals surface area contributed by atoms with Crippen LogP contribution < -0.4 is 0 Å². The molecule has 1 heterocycles. The fourth-order valence-corrected chi connectivity index (χ4v) is 3.64. The van der Waals surface area contributed by atoms with Gasteiger partial charge >= 0.3 is 5.97 Å². The monoisotopic (exact) mass is 308 g/mol. The fourth-order valence-electron chi connectivity index (χ4n) is 2.44. The highest BCUT2D eigenvalue weighted by Gasteiger charge is 2.44. The normalized spacial score (nSPS) is 20.9. The van der Waals surface area contributed by atoms with Crippen molar-refractivity contribution in [3.63, 3.8) is 0 Å². The van der Waals surface area contributed by atoms with Gasteiger partial charge < -0.3 is 10.2 Å². The van der Waals surface area contributed by atoms with Crippen molar-refractivity contribution in [2.45, 2.75) is 18.9 Å². The van der Waals surface area contributed by atoms with Crippen molar-refractivity contribution in [2.24, 2.45) is 5.92 Å². The maximum absolute atomic E-state index is 10.9. The van der Waals surface area contributed by atoms with Gasteiger partial charge in [-0.3, -0.25) is 4.79 Å². The zero-order chi connectivity index (χ0) is 14.3. The summed E-state index contributed by atoms with van der Waals surface area (Å²) in [6.45, 7) is -0.0408. The number of rotatable bonds is 4. The molecule has 0 amide bonds. The van der Waals surface area contributed by atoms with Crippen LogP contribution in [0.3, 0.4) is 0 Å². The molecule has 0 unspecified atom stereocenters. The molecule has 104 valence electrons. The molecule has 5 heteroatoms. The van der Waals surface area contributed by atoms with E-state index in [1.165, 1.54) is 0 Å². The minimum Gasteiger partial charge on any atom is -0.481 e. The predicted octanol–water partition coefficient (Wildman–Crippen LogP) is 3.75. The van der Waals surface area contributed by atoms with E-state index < -0.39 is 5.97 Å². The SMILES string of the molecule is O=C(O)[C@@H]1C[C@H]1c1csc(-c2cc(Cl)ccc2CO)c1. The third-order valence-electron chi connectivity index (χ3n) is 3.66. The fraction of sp³-hybridized carbons (Fsp3) is 0.267. The Morgan fingerprint density at radius 3 is 2.85 bits per heavy atom. The Balaban J connectivity index is 1.91. The number of halogens is 1. The standard InChI is InChI=1S/C15H13ClO3S/c16-10-2-1-8(6-17)12(4-10)14-3-9(7-20-14)11-5-13(11)15(18)19/h1-4,7,11,13,17H,5-6H2,(H,18,19)/t11-,13+/m0/s1. The molecule has 2 aromatic rings. The Bertz CT molecular complexity index is 665. The van der Waals surface area contributed by atoms with Crippen LogP contribution in [0.1, 0.15) is 23.5 Å². The van der Waals surface area contributed by atoms with Gasteiger partial charge in [-0.1, -0.05) is 17.7 Å². The lowest BCUT2D eigenvalue weighted by Crippen LogP contribution is -1.98. The molecule has 2 N–H and O–H groups in total. The Kier molecular flexibility index (Phi) is 3.54. The first-order chi connectivity index (χ1) is 9.60. The van der Waals surface area contributed by atoms with Gasteiger partial charge in [-0.15, -0.1) is 11.3 Å². The number of hydrogen-bond donors (Lipinski definition) is 2. The highest BCUT2D eigenvalue weighted by Crippen LogP contribution is 2.49. The molecule has 20 heavy (non-hydrogen) atoms. The van der Waals surface area contributed by atoms with Crippen LogP contribution in [0.5, 0.6) is 0 Å². The highest BCUT2D eigenvalue weighted by atomic mass is 35.5. The average molecular weight is 309 g/mol. The van der Waals surface area contributed by atoms with E-state index in [-0.39, 0.29) is 18.4 Å². The number of carboxylic acid groups (broad SMARTS) is 1. The number of carboxylic acids is 1. The molecule has 1 aromatic carbocycles. The molecule has 1 aliphatic carbocycles. The molecule has 1 fully saturated rings. The summed E-state index contributed by atoms with van der Waals surface area (Å²) in [7, 11) is 0. The van der Waals surface area contributed by atoms with Crippen molar-refractivity contribution in [3.8, 4) is 10.4 Å². The van der Waals surface area contributed by atoms with E-state index in [9.17, 15) is 9.90 Å². The summed E-state index contributed by atoms with van der Waals surface area (Å²) in [6, 6.07) is 7.42. The number of hydrogen-bond acceptors (Lipinski definition) is 3. The molecule has 0 saturated heterocycles. The average Bonchev–Trinajstić information content (AvgIpc) is 3.09. The van der Waals surface area contributed by atoms with Gasteiger partial charge in [0, 0.05) is 9.90 Å². The van der Waals surface area contributed by atoms with Gasteiger partial charge in [-0.25, -0.2) is 0 Å². The molecule has 3 nitrogen and oxygen atoms in total. The number of thiophene rings is 1. The smallest absolute Gasteiger partial charge is 0.307 e. The third-order valence-corrected chi connectivity index (χ3v) is 4.88. The zero-order valence-corrected chi connectivity index (χ0v) is 12.1. The lowest BCUT2D eigenvalue weighted by atomic mass is 10.1. The highest BCUT2D eigenvalue weighted by molar-refractivity contribution is 7.13. The topological polar surface area (TPSA) is 57.5 Å². The van der Waals surface area contributed by atoms with Crippen LogP contribution in [0.25, 0.3) is 10.4 Å². The van der Waals surface area contributed by atoms with E-state index in [1.807, 2.05) is 23.6 Å². The third kappa shape index (κ3) is 2.46. The first kappa shape index (κ1) is 13.6. The zero-order valence-electron chi connectivity index (χ0n) is 10.5. The Hall–Kier alpha value is -1.36. The van der Waals surface area contributed by atoms with Crippen LogP contribution in [-0.4, -0.2) is 16.2 Å². The van der Waals surface area contributed by atoms with Crippen LogP contribution in [0.2, 0.25) is 5.02 Å². The molecule has 3 rings (SSSR count). The largest absolute Gasteiger partial charge is 0.481 e. The molecule has 1 aromatic heterocycles. The van der Waals surface area contributed by atoms with Gasteiger partial charge in [-0.05, 0) is 52.6 Å². The van der Waals surface area contributed by atoms with Crippen LogP contribution in [-0.2, 0) is 11.4 Å². The summed E-state index contributed by atoms with van der Waals surface area (Å²) in [5.41, 5.74) is 2.82. The van der Waals surface area contributed by atoms with Crippen LogP contribution >= 0.6 is 22.9 Å². The minimum absolute atomic E-state index is 0.0408. The number of aliphatic hydroxyl groups is 1. The second-order valence-electron chi connectivity index (χ2n) is 4.99. The lowest BCUT2D eigenvalue weighted by molar-refractivity contribution is -0.138. The number of carbonyl (C=O) groups is 1. The maximum atomic E-state index is 10.9. The second-order valence-corrected chi connectivity index (χ2v) is 6.34. The van der Waals surface area contributed by atoms with E-state index in [0.29, 0.717) is 11.4 Å². The summed E-state index contributed by atoms with van der Waals surface area (Å²) in [5, 5.41) is 21.0. The molecule has 2 atom stereocenters. The first-order valence-corrected chi connectivity index (χ1v) is 7.57. The van der Waals surface area contributed by atoms with E-state index in [0.717, 1.165) is 21.6 Å². The van der Waals surface area contributed by atoms with Crippen molar-refractivity contribution in [2.75, 3.05) is 0 Å². The van der Waals surface area contributed by atoms with Crippen molar-refractivity contribution in [3.05, 3.63) is 45.8 Å². The van der Waals surface area contributed by atoms with E-state index in [4.69, 9.17) is 16.7 Å². The molecule has 1 aliphatic rings. The predicted molar refractivity (Wildman–Crippen MR) is 79.2 cm³/mol. The summed E-state index contributed by atoms with van der Waals surface area (Å²) in [5.74, 6) is -0.829. The van der Waals surface area contributed by atoms with Crippen molar-refractivity contribution >= 4 is 28.9 Å². The first-order valence-electron chi connectivity index (χ1n) is 6.31. The van der Waals surface area contributed by atoms with E-state index in [2.05, 4.69) is 0 Å². The molecule has 0 radical (unpaired) electrons. The lowest BCUT2D eigenvalue weighted by Gasteiger charge is -2.05.